The summed E-state index contributed by atoms with van der Waals surface area (Å²) in [6, 6.07) is 0. The second kappa shape index (κ2) is 3.21. The molecule has 0 aromatic rings. The molecule has 0 bridgehead atoms. The van der Waals surface area contributed by atoms with E-state index in [-0.39, 0.29) is 10.8 Å². The molecule has 0 aromatic carbocycles. The number of rotatable bonds is 4. The molecule has 0 unspecified atom stereocenters. The van der Waals surface area contributed by atoms with Crippen LogP contribution >= 0.6 is 15.9 Å². The SMILES string of the molecule is O=S(=O)(NC1(CBr)CCC1)C1CC1. The summed E-state index contributed by atoms with van der Waals surface area (Å²) < 4.78 is 26.1. The van der Waals surface area contributed by atoms with Crippen molar-refractivity contribution in [3.8, 4) is 0 Å². The van der Waals surface area contributed by atoms with Crippen molar-refractivity contribution in [2.75, 3.05) is 5.33 Å². The molecule has 0 saturated heterocycles. The molecule has 0 heterocycles. The standard InChI is InChI=1S/C8H14BrNO2S/c9-6-8(4-1-5-8)10-13(11,12)7-2-3-7/h7,10H,1-6H2. The molecule has 2 fully saturated rings. The largest absolute Gasteiger partial charge is 0.215 e. The topological polar surface area (TPSA) is 46.2 Å². The quantitative estimate of drug-likeness (QED) is 0.783. The van der Waals surface area contributed by atoms with Crippen LogP contribution in [0.15, 0.2) is 0 Å². The minimum absolute atomic E-state index is 0.0935. The molecule has 2 saturated carbocycles. The van der Waals surface area contributed by atoms with Gasteiger partial charge in [-0.15, -0.1) is 0 Å². The Balaban J connectivity index is 2.03. The van der Waals surface area contributed by atoms with E-state index in [9.17, 15) is 8.42 Å². The van der Waals surface area contributed by atoms with Gasteiger partial charge in [0.2, 0.25) is 10.0 Å². The fourth-order valence-corrected chi connectivity index (χ4v) is 4.32. The Morgan fingerprint density at radius 3 is 2.31 bits per heavy atom. The van der Waals surface area contributed by atoms with Crippen LogP contribution in [0.25, 0.3) is 0 Å². The smallest absolute Gasteiger partial charge is 0.212 e. The summed E-state index contributed by atoms with van der Waals surface area (Å²) in [5, 5.41) is 0.649. The highest BCUT2D eigenvalue weighted by molar-refractivity contribution is 9.09. The first-order valence-electron chi connectivity index (χ1n) is 4.67. The van der Waals surface area contributed by atoms with Crippen LogP contribution in [0, 0.1) is 0 Å². The molecule has 76 valence electrons. The minimum atomic E-state index is -3.00. The Morgan fingerprint density at radius 1 is 1.38 bits per heavy atom. The van der Waals surface area contributed by atoms with Gasteiger partial charge in [0, 0.05) is 10.9 Å². The molecule has 2 rings (SSSR count). The van der Waals surface area contributed by atoms with E-state index >= 15 is 0 Å². The van der Waals surface area contributed by atoms with E-state index in [1.54, 1.807) is 0 Å². The molecular weight excluding hydrogens is 254 g/mol. The van der Waals surface area contributed by atoms with Crippen molar-refractivity contribution < 1.29 is 8.42 Å². The highest BCUT2D eigenvalue weighted by Crippen LogP contribution is 2.37. The van der Waals surface area contributed by atoms with E-state index in [1.807, 2.05) is 0 Å². The van der Waals surface area contributed by atoms with Gasteiger partial charge in [-0.1, -0.05) is 15.9 Å². The lowest BCUT2D eigenvalue weighted by atomic mass is 9.80. The van der Waals surface area contributed by atoms with Crippen molar-refractivity contribution in [3.63, 3.8) is 0 Å². The van der Waals surface area contributed by atoms with Gasteiger partial charge in [0.25, 0.3) is 0 Å². The molecule has 2 aliphatic rings. The second-order valence-corrected chi connectivity index (χ2v) is 6.64. The maximum atomic E-state index is 11.6. The number of hydrogen-bond acceptors (Lipinski definition) is 2. The van der Waals surface area contributed by atoms with Gasteiger partial charge in [0.15, 0.2) is 0 Å². The lowest BCUT2D eigenvalue weighted by molar-refractivity contribution is 0.256. The van der Waals surface area contributed by atoms with Crippen molar-refractivity contribution in [2.45, 2.75) is 42.9 Å². The predicted molar refractivity (Wildman–Crippen MR) is 55.5 cm³/mol. The summed E-state index contributed by atoms with van der Waals surface area (Å²) >= 11 is 3.38. The maximum Gasteiger partial charge on any atom is 0.215 e. The average molecular weight is 268 g/mol. The highest BCUT2D eigenvalue weighted by atomic mass is 79.9. The first kappa shape index (κ1) is 9.93. The van der Waals surface area contributed by atoms with Gasteiger partial charge >= 0.3 is 0 Å². The molecule has 13 heavy (non-hydrogen) atoms. The van der Waals surface area contributed by atoms with Crippen molar-refractivity contribution in [2.24, 2.45) is 0 Å². The number of hydrogen-bond donors (Lipinski definition) is 1. The van der Waals surface area contributed by atoms with Gasteiger partial charge in [-0.2, -0.15) is 0 Å². The molecular formula is C8H14BrNO2S. The van der Waals surface area contributed by atoms with E-state index in [1.165, 1.54) is 0 Å². The monoisotopic (exact) mass is 267 g/mol. The minimum Gasteiger partial charge on any atom is -0.212 e. The average Bonchev–Trinajstić information content (AvgIpc) is 2.78. The Bertz CT molecular complexity index is 288. The Labute approximate surface area is 87.5 Å². The molecule has 0 radical (unpaired) electrons. The van der Waals surface area contributed by atoms with Crippen molar-refractivity contribution in [1.29, 1.82) is 0 Å². The number of sulfonamides is 1. The first-order chi connectivity index (χ1) is 6.08. The summed E-state index contributed by atoms with van der Waals surface area (Å²) in [4.78, 5) is 0. The second-order valence-electron chi connectivity index (χ2n) is 4.11. The fourth-order valence-electron chi connectivity index (χ4n) is 1.63. The molecule has 3 nitrogen and oxygen atoms in total. The third-order valence-electron chi connectivity index (χ3n) is 2.89. The lowest BCUT2D eigenvalue weighted by Gasteiger charge is -2.40. The third-order valence-corrected chi connectivity index (χ3v) is 6.03. The highest BCUT2D eigenvalue weighted by Gasteiger charge is 2.44. The summed E-state index contributed by atoms with van der Waals surface area (Å²) in [6.07, 6.45) is 4.77. The van der Waals surface area contributed by atoms with Gasteiger partial charge in [-0.3, -0.25) is 0 Å². The Morgan fingerprint density at radius 2 is 2.00 bits per heavy atom. The summed E-state index contributed by atoms with van der Waals surface area (Å²) in [5.41, 5.74) is -0.151. The van der Waals surface area contributed by atoms with E-state index in [0.29, 0.717) is 0 Å². The Kier molecular flexibility index (Phi) is 2.45. The first-order valence-corrected chi connectivity index (χ1v) is 7.34. The number of alkyl halides is 1. The molecule has 0 atom stereocenters. The van der Waals surface area contributed by atoms with E-state index in [0.717, 1.165) is 37.4 Å². The normalized spacial score (nSPS) is 26.8. The van der Waals surface area contributed by atoms with Crippen LogP contribution in [0.3, 0.4) is 0 Å². The zero-order valence-corrected chi connectivity index (χ0v) is 9.83. The Hall–Kier alpha value is 0.390. The van der Waals surface area contributed by atoms with Crippen LogP contribution in [0.2, 0.25) is 0 Å². The van der Waals surface area contributed by atoms with Crippen LogP contribution in [-0.2, 0) is 10.0 Å². The van der Waals surface area contributed by atoms with Crippen LogP contribution in [0.1, 0.15) is 32.1 Å². The molecule has 5 heteroatoms. The van der Waals surface area contributed by atoms with Crippen LogP contribution in [0.4, 0.5) is 0 Å². The van der Waals surface area contributed by atoms with Gasteiger partial charge in [-0.25, -0.2) is 13.1 Å². The molecule has 1 N–H and O–H groups in total. The van der Waals surface area contributed by atoms with E-state index in [2.05, 4.69) is 20.7 Å². The van der Waals surface area contributed by atoms with Gasteiger partial charge in [-0.05, 0) is 32.1 Å². The number of nitrogens with one attached hydrogen (secondary N) is 1. The van der Waals surface area contributed by atoms with Gasteiger partial charge in [0.1, 0.15) is 0 Å². The van der Waals surface area contributed by atoms with Crippen molar-refractivity contribution in [3.05, 3.63) is 0 Å². The van der Waals surface area contributed by atoms with Crippen molar-refractivity contribution >= 4 is 26.0 Å². The van der Waals surface area contributed by atoms with Gasteiger partial charge < -0.3 is 0 Å². The van der Waals surface area contributed by atoms with Crippen LogP contribution in [0.5, 0.6) is 0 Å². The summed E-state index contributed by atoms with van der Waals surface area (Å²) in [7, 11) is -3.00. The van der Waals surface area contributed by atoms with E-state index in [4.69, 9.17) is 0 Å². The molecule has 0 amide bonds. The third kappa shape index (κ3) is 1.92. The molecule has 0 aromatic heterocycles. The van der Waals surface area contributed by atoms with Crippen LogP contribution in [-0.4, -0.2) is 24.5 Å². The molecule has 0 aliphatic heterocycles. The van der Waals surface area contributed by atoms with Crippen molar-refractivity contribution in [1.82, 2.24) is 4.72 Å². The summed E-state index contributed by atoms with van der Waals surface area (Å²) in [6.45, 7) is 0. The number of halogens is 1. The summed E-state index contributed by atoms with van der Waals surface area (Å²) in [5.74, 6) is 0. The molecule has 0 spiro atoms. The van der Waals surface area contributed by atoms with E-state index < -0.39 is 10.0 Å². The lowest BCUT2D eigenvalue weighted by Crippen LogP contribution is -2.55. The van der Waals surface area contributed by atoms with Gasteiger partial charge in [0.05, 0.1) is 5.25 Å². The van der Waals surface area contributed by atoms with Crippen LogP contribution < -0.4 is 4.72 Å². The predicted octanol–water partition coefficient (Wildman–Crippen LogP) is 1.39. The fraction of sp³-hybridized carbons (Fsp3) is 1.00. The molecule has 2 aliphatic carbocycles. The zero-order chi connectivity index (χ0) is 9.53. The maximum absolute atomic E-state index is 11.6. The zero-order valence-electron chi connectivity index (χ0n) is 7.42.